The molecule has 3 aliphatic carbocycles. The van der Waals surface area contributed by atoms with E-state index in [1.54, 1.807) is 0 Å². The summed E-state index contributed by atoms with van der Waals surface area (Å²) in [6.07, 6.45) is 14.2. The number of rotatable bonds is 4. The Morgan fingerprint density at radius 1 is 1.04 bits per heavy atom. The molecule has 0 amide bonds. The number of hydrogen-bond donors (Lipinski definition) is 1. The predicted molar refractivity (Wildman–Crippen MR) is 103 cm³/mol. The van der Waals surface area contributed by atoms with Gasteiger partial charge in [0.15, 0.2) is 5.78 Å². The van der Waals surface area contributed by atoms with Gasteiger partial charge in [0.05, 0.1) is 0 Å². The van der Waals surface area contributed by atoms with Gasteiger partial charge in [0.1, 0.15) is 5.69 Å². The van der Waals surface area contributed by atoms with Gasteiger partial charge in [-0.1, -0.05) is 61.7 Å². The lowest BCUT2D eigenvalue weighted by molar-refractivity contribution is 0.0962. The van der Waals surface area contributed by atoms with Crippen molar-refractivity contribution in [3.05, 3.63) is 58.9 Å². The van der Waals surface area contributed by atoms with Crippen LogP contribution in [0, 0.1) is 11.8 Å². The second kappa shape index (κ2) is 6.22. The Morgan fingerprint density at radius 3 is 2.54 bits per heavy atom. The smallest absolute Gasteiger partial charge is 0.186 e. The number of carbonyl (C=O) groups excluding carboxylic acids is 1. The lowest BCUT2D eigenvalue weighted by Crippen LogP contribution is -2.38. The largest absolute Gasteiger partial charge is 0.292 e. The van der Waals surface area contributed by atoms with Crippen molar-refractivity contribution < 1.29 is 4.79 Å². The molecular formula is C23H26N2O. The van der Waals surface area contributed by atoms with Gasteiger partial charge in [0, 0.05) is 29.0 Å². The van der Waals surface area contributed by atoms with Gasteiger partial charge in [0.2, 0.25) is 0 Å². The van der Waals surface area contributed by atoms with Gasteiger partial charge in [-0.3, -0.25) is 9.89 Å². The highest BCUT2D eigenvalue weighted by Crippen LogP contribution is 2.47. The van der Waals surface area contributed by atoms with Crippen LogP contribution >= 0.6 is 0 Å². The molecule has 2 fully saturated rings. The molecule has 2 aromatic rings. The molecule has 3 aliphatic rings. The van der Waals surface area contributed by atoms with E-state index in [0.29, 0.717) is 11.6 Å². The van der Waals surface area contributed by atoms with E-state index in [9.17, 15) is 4.79 Å². The number of carbonyl (C=O) groups is 1. The molecule has 2 saturated carbocycles. The summed E-state index contributed by atoms with van der Waals surface area (Å²) in [7, 11) is 0. The van der Waals surface area contributed by atoms with Crippen LogP contribution in [0.1, 0.15) is 72.3 Å². The minimum absolute atomic E-state index is 0.0289. The van der Waals surface area contributed by atoms with Crippen molar-refractivity contribution in [2.45, 2.75) is 56.8 Å². The summed E-state index contributed by atoms with van der Waals surface area (Å²) in [5.41, 5.74) is 4.29. The molecule has 1 aromatic carbocycles. The number of Topliss-reactive ketones (excluding diaryl/α,β-unsaturated/α-hetero) is 1. The summed E-state index contributed by atoms with van der Waals surface area (Å²) in [6.45, 7) is 0. The zero-order valence-electron chi connectivity index (χ0n) is 15.2. The van der Waals surface area contributed by atoms with E-state index in [2.05, 4.69) is 52.7 Å². The molecule has 0 spiro atoms. The fourth-order valence-corrected chi connectivity index (χ4v) is 5.09. The van der Waals surface area contributed by atoms with Crippen LogP contribution in [-0.2, 0) is 11.8 Å². The minimum atomic E-state index is 0.0289. The number of ketones is 1. The van der Waals surface area contributed by atoms with Crippen molar-refractivity contribution >= 4 is 11.9 Å². The van der Waals surface area contributed by atoms with Crippen LogP contribution in [0.5, 0.6) is 0 Å². The Morgan fingerprint density at radius 2 is 1.81 bits per heavy atom. The number of hydrogen-bond acceptors (Lipinski definition) is 2. The van der Waals surface area contributed by atoms with E-state index in [1.165, 1.54) is 37.7 Å². The van der Waals surface area contributed by atoms with Gasteiger partial charge in [-0.05, 0) is 37.2 Å². The average molecular weight is 346 g/mol. The zero-order valence-corrected chi connectivity index (χ0v) is 15.2. The van der Waals surface area contributed by atoms with Gasteiger partial charge in [-0.25, -0.2) is 0 Å². The minimum Gasteiger partial charge on any atom is -0.292 e. The molecule has 1 heterocycles. The summed E-state index contributed by atoms with van der Waals surface area (Å²) >= 11 is 0. The third kappa shape index (κ3) is 2.56. The van der Waals surface area contributed by atoms with Crippen LogP contribution in [0.2, 0.25) is 0 Å². The number of aromatic nitrogens is 2. The third-order valence-corrected chi connectivity index (χ3v) is 6.73. The SMILES string of the molecule is O=C(c1n[nH]c2c1C=CC(c1ccccc1)(C1CCCCC1)C2)C1CC1. The fourth-order valence-electron chi connectivity index (χ4n) is 5.09. The molecule has 0 aliphatic heterocycles. The van der Waals surface area contributed by atoms with Gasteiger partial charge in [-0.2, -0.15) is 5.10 Å². The second-order valence-electron chi connectivity index (χ2n) is 8.35. The zero-order chi connectivity index (χ0) is 17.6. The molecule has 5 rings (SSSR count). The molecule has 3 nitrogen and oxygen atoms in total. The molecule has 26 heavy (non-hydrogen) atoms. The molecule has 0 radical (unpaired) electrons. The Kier molecular flexibility index (Phi) is 3.84. The Hall–Kier alpha value is -2.16. The first kappa shape index (κ1) is 16.0. The highest BCUT2D eigenvalue weighted by atomic mass is 16.1. The van der Waals surface area contributed by atoms with Crippen LogP contribution < -0.4 is 0 Å². The van der Waals surface area contributed by atoms with Gasteiger partial charge in [-0.15, -0.1) is 0 Å². The van der Waals surface area contributed by atoms with E-state index in [0.717, 1.165) is 30.5 Å². The van der Waals surface area contributed by atoms with E-state index in [-0.39, 0.29) is 17.1 Å². The van der Waals surface area contributed by atoms with Crippen LogP contribution in [0.4, 0.5) is 0 Å². The first-order valence-corrected chi connectivity index (χ1v) is 10.1. The first-order chi connectivity index (χ1) is 12.8. The lowest BCUT2D eigenvalue weighted by atomic mass is 9.61. The highest BCUT2D eigenvalue weighted by molar-refractivity contribution is 6.01. The van der Waals surface area contributed by atoms with Crippen LogP contribution in [0.25, 0.3) is 6.08 Å². The van der Waals surface area contributed by atoms with Crippen molar-refractivity contribution in [1.82, 2.24) is 10.2 Å². The maximum absolute atomic E-state index is 12.6. The third-order valence-electron chi connectivity index (χ3n) is 6.73. The average Bonchev–Trinajstić information content (AvgIpc) is 3.48. The normalized spacial score (nSPS) is 25.8. The van der Waals surface area contributed by atoms with Gasteiger partial charge in [0.25, 0.3) is 0 Å². The molecule has 1 aromatic heterocycles. The van der Waals surface area contributed by atoms with Crippen LogP contribution in [0.3, 0.4) is 0 Å². The number of nitrogens with one attached hydrogen (secondary N) is 1. The number of fused-ring (bicyclic) bond motifs is 1. The Bertz CT molecular complexity index is 840. The summed E-state index contributed by atoms with van der Waals surface area (Å²) in [4.78, 5) is 12.6. The molecule has 1 N–H and O–H groups in total. The van der Waals surface area contributed by atoms with Gasteiger partial charge >= 0.3 is 0 Å². The summed E-state index contributed by atoms with van der Waals surface area (Å²) in [5, 5.41) is 7.67. The lowest BCUT2D eigenvalue weighted by Gasteiger charge is -2.43. The number of H-pyrrole nitrogens is 1. The Labute approximate surface area is 154 Å². The molecule has 134 valence electrons. The summed E-state index contributed by atoms with van der Waals surface area (Å²) < 4.78 is 0. The number of allylic oxidation sites excluding steroid dienone is 1. The summed E-state index contributed by atoms with van der Waals surface area (Å²) in [5.74, 6) is 1.11. The van der Waals surface area contributed by atoms with Gasteiger partial charge < -0.3 is 0 Å². The molecule has 1 atom stereocenters. The predicted octanol–water partition coefficient (Wildman–Crippen LogP) is 5.09. The maximum atomic E-state index is 12.6. The topological polar surface area (TPSA) is 45.8 Å². The number of benzene rings is 1. The summed E-state index contributed by atoms with van der Waals surface area (Å²) in [6, 6.07) is 10.9. The second-order valence-corrected chi connectivity index (χ2v) is 8.35. The first-order valence-electron chi connectivity index (χ1n) is 10.1. The van der Waals surface area contributed by atoms with Crippen molar-refractivity contribution in [1.29, 1.82) is 0 Å². The maximum Gasteiger partial charge on any atom is 0.186 e. The van der Waals surface area contributed by atoms with E-state index in [1.807, 2.05) is 0 Å². The molecule has 3 heteroatoms. The molecule has 1 unspecified atom stereocenters. The van der Waals surface area contributed by atoms with Crippen molar-refractivity contribution in [3.63, 3.8) is 0 Å². The van der Waals surface area contributed by atoms with E-state index in [4.69, 9.17) is 0 Å². The molecule has 0 bridgehead atoms. The van der Waals surface area contributed by atoms with Crippen molar-refractivity contribution in [2.75, 3.05) is 0 Å². The quantitative estimate of drug-likeness (QED) is 0.784. The number of aromatic amines is 1. The van der Waals surface area contributed by atoms with Crippen LogP contribution in [0.15, 0.2) is 36.4 Å². The standard InChI is InChI=1S/C23H26N2O/c26-22(16-11-12-16)21-19-13-14-23(15-20(19)24-25-21,17-7-3-1-4-8-17)18-9-5-2-6-10-18/h1,3-4,7-8,13-14,16,18H,2,5-6,9-12,15H2,(H,24,25). The van der Waals surface area contributed by atoms with E-state index < -0.39 is 0 Å². The van der Waals surface area contributed by atoms with Crippen LogP contribution in [-0.4, -0.2) is 16.0 Å². The molecular weight excluding hydrogens is 320 g/mol. The number of nitrogens with zero attached hydrogens (tertiary/aromatic N) is 1. The molecule has 0 saturated heterocycles. The highest BCUT2D eigenvalue weighted by Gasteiger charge is 2.43. The van der Waals surface area contributed by atoms with Crippen molar-refractivity contribution in [2.24, 2.45) is 11.8 Å². The monoisotopic (exact) mass is 346 g/mol. The van der Waals surface area contributed by atoms with Crippen molar-refractivity contribution in [3.8, 4) is 0 Å². The Balaban J connectivity index is 1.56. The fraction of sp³-hybridized carbons (Fsp3) is 0.478. The van der Waals surface area contributed by atoms with E-state index >= 15 is 0 Å².